The normalized spacial score (nSPS) is 39.1. The quantitative estimate of drug-likeness (QED) is 0.698. The summed E-state index contributed by atoms with van der Waals surface area (Å²) in [6.45, 7) is 8.39. The maximum Gasteiger partial charge on any atom is 0.410 e. The highest BCUT2D eigenvalue weighted by Gasteiger charge is 2.97. The van der Waals surface area contributed by atoms with Gasteiger partial charge in [-0.2, -0.15) is 0 Å². The van der Waals surface area contributed by atoms with Crippen molar-refractivity contribution in [3.8, 4) is 0 Å². The number of hydrogen-bond donors (Lipinski definition) is 0. The summed E-state index contributed by atoms with van der Waals surface area (Å²) in [7, 11) is 0. The Morgan fingerprint density at radius 2 is 2.06 bits per heavy atom. The highest BCUT2D eigenvalue weighted by molar-refractivity contribution is 5.92. The topological polar surface area (TPSA) is 55.8 Å². The van der Waals surface area contributed by atoms with Gasteiger partial charge in [0.05, 0.1) is 18.1 Å². The van der Waals surface area contributed by atoms with E-state index in [-0.39, 0.29) is 23.5 Å². The molecule has 4 rings (SSSR count). The summed E-state index contributed by atoms with van der Waals surface area (Å²) >= 11 is 0. The van der Waals surface area contributed by atoms with E-state index in [0.717, 1.165) is 0 Å². The number of esters is 1. The second-order valence-corrected chi connectivity index (χ2v) is 6.36. The largest absolute Gasteiger partial charge is 0.465 e. The van der Waals surface area contributed by atoms with E-state index in [2.05, 4.69) is 0 Å². The van der Waals surface area contributed by atoms with E-state index in [1.54, 1.807) is 4.90 Å². The van der Waals surface area contributed by atoms with Gasteiger partial charge in [0.15, 0.2) is 0 Å². The molecule has 18 heavy (non-hydrogen) atoms. The third-order valence-corrected chi connectivity index (χ3v) is 4.20. The van der Waals surface area contributed by atoms with Crippen molar-refractivity contribution in [2.75, 3.05) is 13.2 Å². The van der Waals surface area contributed by atoms with Crippen molar-refractivity contribution < 1.29 is 19.1 Å². The molecule has 2 bridgehead atoms. The van der Waals surface area contributed by atoms with Gasteiger partial charge in [-0.05, 0) is 27.7 Å². The SMILES string of the molecule is CCOC(=O)[C@]12C3[C@@H]1[C@@H]2CN3C(=O)OC(C)(C)C. The van der Waals surface area contributed by atoms with Crippen molar-refractivity contribution in [2.24, 2.45) is 17.3 Å². The lowest BCUT2D eigenvalue weighted by Crippen LogP contribution is -2.36. The maximum atomic E-state index is 12.0. The van der Waals surface area contributed by atoms with Crippen molar-refractivity contribution in [1.82, 2.24) is 4.90 Å². The number of rotatable bonds is 2. The Labute approximate surface area is 106 Å². The Morgan fingerprint density at radius 3 is 2.56 bits per heavy atom. The first kappa shape index (κ1) is 11.8. The number of carbonyl (C=O) groups excluding carboxylic acids is 2. The summed E-state index contributed by atoms with van der Waals surface area (Å²) in [6.07, 6.45) is -0.302. The van der Waals surface area contributed by atoms with Crippen molar-refractivity contribution in [3.05, 3.63) is 0 Å². The minimum atomic E-state index is -0.490. The van der Waals surface area contributed by atoms with Crippen LogP contribution in [0.5, 0.6) is 0 Å². The van der Waals surface area contributed by atoms with E-state index in [1.807, 2.05) is 27.7 Å². The fourth-order valence-corrected chi connectivity index (χ4v) is 3.46. The molecule has 5 heteroatoms. The molecule has 100 valence electrons. The van der Waals surface area contributed by atoms with Crippen LogP contribution in [0.25, 0.3) is 0 Å². The van der Waals surface area contributed by atoms with Crippen molar-refractivity contribution in [2.45, 2.75) is 39.3 Å². The predicted molar refractivity (Wildman–Crippen MR) is 62.8 cm³/mol. The Bertz CT molecular complexity index is 421. The van der Waals surface area contributed by atoms with Gasteiger partial charge in [-0.1, -0.05) is 0 Å². The molecule has 2 aliphatic heterocycles. The average molecular weight is 253 g/mol. The van der Waals surface area contributed by atoms with Gasteiger partial charge in [0.25, 0.3) is 0 Å². The Hall–Kier alpha value is -1.26. The first-order valence-electron chi connectivity index (χ1n) is 6.51. The molecule has 0 spiro atoms. The van der Waals surface area contributed by atoms with Crippen LogP contribution in [0.2, 0.25) is 0 Å². The molecule has 0 radical (unpaired) electrons. The number of piperidine rings is 1. The van der Waals surface area contributed by atoms with Gasteiger partial charge in [0, 0.05) is 18.4 Å². The van der Waals surface area contributed by atoms with Crippen LogP contribution in [0.3, 0.4) is 0 Å². The van der Waals surface area contributed by atoms with Crippen LogP contribution in [0.15, 0.2) is 0 Å². The lowest BCUT2D eigenvalue weighted by molar-refractivity contribution is -0.147. The molecule has 2 aliphatic carbocycles. The standard InChI is InChI=1S/C13H19NO4/c1-5-17-10(15)13-7-6-14(9(13)8(7)13)11(16)18-12(2,3)4/h7-9H,5-6H2,1-4H3/t7-,8-,9?,13-/m0/s1. The van der Waals surface area contributed by atoms with Crippen molar-refractivity contribution in [3.63, 3.8) is 0 Å². The summed E-state index contributed by atoms with van der Waals surface area (Å²) in [6, 6.07) is 0.0383. The molecular weight excluding hydrogens is 234 g/mol. The van der Waals surface area contributed by atoms with Crippen LogP contribution in [0.4, 0.5) is 4.79 Å². The molecule has 2 heterocycles. The second-order valence-electron chi connectivity index (χ2n) is 6.36. The molecule has 0 aromatic carbocycles. The first-order chi connectivity index (χ1) is 8.34. The molecule has 0 aromatic heterocycles. The molecule has 0 N–H and O–H groups in total. The number of fused-ring (bicyclic) bond motifs is 1. The first-order valence-corrected chi connectivity index (χ1v) is 6.51. The van der Waals surface area contributed by atoms with Gasteiger partial charge >= 0.3 is 12.1 Å². The molecule has 1 unspecified atom stereocenters. The molecule has 5 nitrogen and oxygen atoms in total. The van der Waals surface area contributed by atoms with E-state index in [1.165, 1.54) is 0 Å². The molecule has 0 aromatic rings. The molecule has 2 saturated heterocycles. The second kappa shape index (κ2) is 3.19. The van der Waals surface area contributed by atoms with E-state index < -0.39 is 5.60 Å². The molecule has 2 saturated carbocycles. The minimum absolute atomic E-state index is 0.0383. The molecule has 4 fully saturated rings. The van der Waals surface area contributed by atoms with Gasteiger partial charge < -0.3 is 14.4 Å². The highest BCUT2D eigenvalue weighted by atomic mass is 16.6. The van der Waals surface area contributed by atoms with Crippen LogP contribution in [0, 0.1) is 17.3 Å². The van der Waals surface area contributed by atoms with Gasteiger partial charge in [-0.3, -0.25) is 4.79 Å². The Balaban J connectivity index is 1.65. The monoisotopic (exact) mass is 253 g/mol. The summed E-state index contributed by atoms with van der Waals surface area (Å²) in [5.41, 5.74) is -0.844. The number of ether oxygens (including phenoxy) is 2. The van der Waals surface area contributed by atoms with E-state index in [0.29, 0.717) is 25.0 Å². The summed E-state index contributed by atoms with van der Waals surface area (Å²) < 4.78 is 10.5. The van der Waals surface area contributed by atoms with Crippen molar-refractivity contribution >= 4 is 12.1 Å². The van der Waals surface area contributed by atoms with E-state index in [9.17, 15) is 9.59 Å². The van der Waals surface area contributed by atoms with Crippen LogP contribution in [-0.2, 0) is 14.3 Å². The Kier molecular flexibility index (Phi) is 2.09. The lowest BCUT2D eigenvalue weighted by atomic mass is 10.1. The van der Waals surface area contributed by atoms with E-state index >= 15 is 0 Å². The smallest absolute Gasteiger partial charge is 0.410 e. The highest BCUT2D eigenvalue weighted by Crippen LogP contribution is 2.86. The van der Waals surface area contributed by atoms with Crippen LogP contribution in [0.1, 0.15) is 27.7 Å². The maximum absolute atomic E-state index is 12.0. The van der Waals surface area contributed by atoms with Crippen molar-refractivity contribution in [1.29, 1.82) is 0 Å². The fourth-order valence-electron chi connectivity index (χ4n) is 3.46. The number of hydrogen-bond acceptors (Lipinski definition) is 4. The summed E-state index contributed by atoms with van der Waals surface area (Å²) in [5, 5.41) is 0. The fraction of sp³-hybridized carbons (Fsp3) is 0.846. The van der Waals surface area contributed by atoms with Gasteiger partial charge in [0.1, 0.15) is 5.60 Å². The molecule has 4 atom stereocenters. The van der Waals surface area contributed by atoms with E-state index in [4.69, 9.17) is 9.47 Å². The van der Waals surface area contributed by atoms with Gasteiger partial charge in [0.2, 0.25) is 0 Å². The van der Waals surface area contributed by atoms with Gasteiger partial charge in [-0.15, -0.1) is 0 Å². The number of carbonyl (C=O) groups is 2. The zero-order chi connectivity index (χ0) is 13.3. The Morgan fingerprint density at radius 1 is 1.39 bits per heavy atom. The predicted octanol–water partition coefficient (Wildman–Crippen LogP) is 1.41. The zero-order valence-electron chi connectivity index (χ0n) is 11.2. The number of amides is 1. The van der Waals surface area contributed by atoms with Crippen LogP contribution >= 0.6 is 0 Å². The molecule has 4 aliphatic rings. The molecular formula is C13H19NO4. The number of nitrogens with zero attached hydrogens (tertiary/aromatic N) is 1. The zero-order valence-corrected chi connectivity index (χ0v) is 11.2. The minimum Gasteiger partial charge on any atom is -0.465 e. The third kappa shape index (κ3) is 1.27. The lowest BCUT2D eigenvalue weighted by Gasteiger charge is -2.24. The average Bonchev–Trinajstić information content (AvgIpc) is 2.95. The third-order valence-electron chi connectivity index (χ3n) is 4.20. The van der Waals surface area contributed by atoms with Gasteiger partial charge in [-0.25, -0.2) is 4.79 Å². The van der Waals surface area contributed by atoms with Crippen LogP contribution < -0.4 is 0 Å². The summed E-state index contributed by atoms with van der Waals surface area (Å²) in [5.74, 6) is 0.522. The summed E-state index contributed by atoms with van der Waals surface area (Å²) in [4.78, 5) is 25.6. The van der Waals surface area contributed by atoms with Crippen LogP contribution in [-0.4, -0.2) is 41.8 Å². The molecule has 1 amide bonds.